The third kappa shape index (κ3) is 4.28. The lowest BCUT2D eigenvalue weighted by Gasteiger charge is -2.31. The van der Waals surface area contributed by atoms with Crippen molar-refractivity contribution in [3.63, 3.8) is 0 Å². The second-order valence-corrected chi connectivity index (χ2v) is 11.6. The number of nitrogens with zero attached hydrogens (tertiary/aromatic N) is 5. The van der Waals surface area contributed by atoms with Gasteiger partial charge in [0.25, 0.3) is 0 Å². The maximum atomic E-state index is 12.0. The molecule has 1 unspecified atom stereocenters. The molecule has 0 aromatic carbocycles. The van der Waals surface area contributed by atoms with Crippen LogP contribution in [0.2, 0.25) is 0 Å². The second kappa shape index (κ2) is 8.87. The minimum Gasteiger partial charge on any atom is -0.461 e. The van der Waals surface area contributed by atoms with Gasteiger partial charge in [-0.1, -0.05) is 13.8 Å². The van der Waals surface area contributed by atoms with Crippen LogP contribution in [0, 0.1) is 5.92 Å². The van der Waals surface area contributed by atoms with E-state index in [1.807, 2.05) is 29.6 Å². The Kier molecular flexibility index (Phi) is 6.33. The van der Waals surface area contributed by atoms with Crippen LogP contribution in [-0.2, 0) is 24.2 Å². The smallest absolute Gasteiger partial charge is 0.358 e. The molecular formula is C21H32N6O4S. The quantitative estimate of drug-likeness (QED) is 0.528. The lowest BCUT2D eigenvalue weighted by molar-refractivity contribution is 0.0520. The number of anilines is 2. The number of carbonyl (C=O) groups excluding carboxylic acids is 1. The summed E-state index contributed by atoms with van der Waals surface area (Å²) < 4.78 is 18.0. The van der Waals surface area contributed by atoms with E-state index in [-0.39, 0.29) is 18.6 Å². The molecule has 2 aliphatic rings. The summed E-state index contributed by atoms with van der Waals surface area (Å²) in [6.45, 7) is 7.91. The molecule has 2 aromatic rings. The number of aliphatic hydroxyl groups is 1. The lowest BCUT2D eigenvalue weighted by Crippen LogP contribution is -2.36. The summed E-state index contributed by atoms with van der Waals surface area (Å²) in [6, 6.07) is -0.176. The first-order chi connectivity index (χ1) is 15.2. The average Bonchev–Trinajstić information content (AvgIpc) is 3.32. The van der Waals surface area contributed by atoms with Crippen LogP contribution in [0.3, 0.4) is 0 Å². The molecule has 0 spiro atoms. The SMILES string of the molecule is CCOC(=O)c1cn2c(n1)CN(c1nc3c(c(N[C@@H](CO)C(C)C)n1)S(C)(O)CC3)CC2. The van der Waals surface area contributed by atoms with Gasteiger partial charge in [0.1, 0.15) is 11.6 Å². The zero-order chi connectivity index (χ0) is 23.0. The highest BCUT2D eigenvalue weighted by atomic mass is 32.3. The van der Waals surface area contributed by atoms with Crippen LogP contribution >= 0.6 is 10.3 Å². The molecule has 4 heterocycles. The average molecular weight is 465 g/mol. The summed E-state index contributed by atoms with van der Waals surface area (Å²) in [5.74, 6) is 2.36. The van der Waals surface area contributed by atoms with Gasteiger partial charge in [-0.25, -0.2) is 14.8 Å². The zero-order valence-electron chi connectivity index (χ0n) is 19.0. The normalized spacial score (nSPS) is 22.8. The first-order valence-corrected chi connectivity index (χ1v) is 13.1. The predicted molar refractivity (Wildman–Crippen MR) is 124 cm³/mol. The molecule has 176 valence electrons. The first-order valence-electron chi connectivity index (χ1n) is 11.0. The van der Waals surface area contributed by atoms with Crippen LogP contribution in [0.1, 0.15) is 42.8 Å². The van der Waals surface area contributed by atoms with Crippen molar-refractivity contribution in [3.8, 4) is 0 Å². The zero-order valence-corrected chi connectivity index (χ0v) is 19.9. The minimum atomic E-state index is -1.98. The van der Waals surface area contributed by atoms with Crippen LogP contribution in [0.15, 0.2) is 11.1 Å². The van der Waals surface area contributed by atoms with E-state index in [4.69, 9.17) is 14.7 Å². The molecule has 11 heteroatoms. The van der Waals surface area contributed by atoms with Gasteiger partial charge in [-0.15, -0.1) is 10.3 Å². The summed E-state index contributed by atoms with van der Waals surface area (Å²) in [5, 5.41) is 13.2. The van der Waals surface area contributed by atoms with E-state index in [0.717, 1.165) is 16.4 Å². The Hall–Kier alpha value is -2.37. The summed E-state index contributed by atoms with van der Waals surface area (Å²) in [6.07, 6.45) is 4.30. The Balaban J connectivity index is 1.65. The van der Waals surface area contributed by atoms with Crippen molar-refractivity contribution in [3.05, 3.63) is 23.4 Å². The van der Waals surface area contributed by atoms with Gasteiger partial charge in [0.05, 0.1) is 36.4 Å². The molecule has 0 saturated heterocycles. The largest absolute Gasteiger partial charge is 0.461 e. The lowest BCUT2D eigenvalue weighted by atomic mass is 10.1. The maximum absolute atomic E-state index is 12.0. The highest BCUT2D eigenvalue weighted by Crippen LogP contribution is 2.58. The summed E-state index contributed by atoms with van der Waals surface area (Å²) in [7, 11) is -1.98. The van der Waals surface area contributed by atoms with E-state index < -0.39 is 16.3 Å². The van der Waals surface area contributed by atoms with Gasteiger partial charge in [0.15, 0.2) is 5.69 Å². The summed E-state index contributed by atoms with van der Waals surface area (Å²) in [4.78, 5) is 28.9. The van der Waals surface area contributed by atoms with Crippen molar-refractivity contribution in [1.29, 1.82) is 0 Å². The molecule has 0 fully saturated rings. The van der Waals surface area contributed by atoms with Gasteiger partial charge in [0.2, 0.25) is 5.95 Å². The van der Waals surface area contributed by atoms with Crippen molar-refractivity contribution >= 4 is 28.0 Å². The number of carbonyl (C=O) groups is 1. The van der Waals surface area contributed by atoms with Crippen molar-refractivity contribution < 1.29 is 19.2 Å². The van der Waals surface area contributed by atoms with E-state index in [1.165, 1.54) is 0 Å². The van der Waals surface area contributed by atoms with E-state index in [9.17, 15) is 14.5 Å². The van der Waals surface area contributed by atoms with Crippen LogP contribution in [0.25, 0.3) is 0 Å². The molecule has 0 bridgehead atoms. The minimum absolute atomic E-state index is 0.0267. The number of nitrogens with one attached hydrogen (secondary N) is 1. The Morgan fingerprint density at radius 2 is 2.09 bits per heavy atom. The van der Waals surface area contributed by atoms with E-state index in [2.05, 4.69) is 10.3 Å². The van der Waals surface area contributed by atoms with Crippen molar-refractivity contribution in [2.45, 2.75) is 51.2 Å². The number of imidazole rings is 1. The molecule has 0 aliphatic carbocycles. The topological polar surface area (TPSA) is 126 Å². The molecule has 0 amide bonds. The molecule has 2 atom stereocenters. The molecule has 3 N–H and O–H groups in total. The maximum Gasteiger partial charge on any atom is 0.358 e. The fourth-order valence-corrected chi connectivity index (χ4v) is 6.05. The van der Waals surface area contributed by atoms with Crippen molar-refractivity contribution in [2.75, 3.05) is 42.0 Å². The molecule has 10 nitrogen and oxygen atoms in total. The summed E-state index contributed by atoms with van der Waals surface area (Å²) in [5.41, 5.74) is 1.17. The number of ether oxygens (including phenoxy) is 1. The van der Waals surface area contributed by atoms with Crippen LogP contribution in [-0.4, -0.2) is 73.0 Å². The van der Waals surface area contributed by atoms with Gasteiger partial charge < -0.3 is 29.2 Å². The predicted octanol–water partition coefficient (Wildman–Crippen LogP) is 2.12. The number of aromatic nitrogens is 4. The number of rotatable bonds is 7. The molecule has 2 aliphatic heterocycles. The number of hydrogen-bond acceptors (Lipinski definition) is 9. The Labute approximate surface area is 189 Å². The fourth-order valence-electron chi connectivity index (χ4n) is 4.08. The Morgan fingerprint density at radius 1 is 1.31 bits per heavy atom. The molecular weight excluding hydrogens is 432 g/mol. The van der Waals surface area contributed by atoms with E-state index in [1.54, 1.807) is 13.1 Å². The highest BCUT2D eigenvalue weighted by Gasteiger charge is 2.35. The Bertz CT molecular complexity index is 1010. The van der Waals surface area contributed by atoms with E-state index in [0.29, 0.717) is 55.9 Å². The van der Waals surface area contributed by atoms with E-state index >= 15 is 0 Å². The number of esters is 1. The molecule has 0 saturated carbocycles. The Morgan fingerprint density at radius 3 is 2.78 bits per heavy atom. The number of fused-ring (bicyclic) bond motifs is 2. The fraction of sp³-hybridized carbons (Fsp3) is 0.619. The first kappa shape index (κ1) is 22.8. The van der Waals surface area contributed by atoms with Gasteiger partial charge in [-0.05, 0) is 19.1 Å². The van der Waals surface area contributed by atoms with Crippen molar-refractivity contribution in [1.82, 2.24) is 19.5 Å². The van der Waals surface area contributed by atoms with Crippen molar-refractivity contribution in [2.24, 2.45) is 5.92 Å². The van der Waals surface area contributed by atoms with Crippen LogP contribution in [0.4, 0.5) is 11.8 Å². The molecule has 2 aromatic heterocycles. The van der Waals surface area contributed by atoms with Crippen LogP contribution in [0.5, 0.6) is 0 Å². The monoisotopic (exact) mass is 464 g/mol. The highest BCUT2D eigenvalue weighted by molar-refractivity contribution is 8.28. The number of aliphatic hydroxyl groups excluding tert-OH is 1. The molecule has 32 heavy (non-hydrogen) atoms. The second-order valence-electron chi connectivity index (χ2n) is 8.70. The van der Waals surface area contributed by atoms with Gasteiger partial charge in [-0.3, -0.25) is 0 Å². The summed E-state index contributed by atoms with van der Waals surface area (Å²) >= 11 is 0. The third-order valence-electron chi connectivity index (χ3n) is 5.99. The number of hydrogen-bond donors (Lipinski definition) is 3. The van der Waals surface area contributed by atoms with Gasteiger partial charge >= 0.3 is 5.97 Å². The van der Waals surface area contributed by atoms with Crippen LogP contribution < -0.4 is 10.2 Å². The number of aryl methyl sites for hydroxylation is 1. The molecule has 4 rings (SSSR count). The van der Waals surface area contributed by atoms with Gasteiger partial charge in [-0.2, -0.15) is 4.98 Å². The standard InChI is InChI=1S/C21H32N6O4S/c1-5-31-20(29)15-10-26-7-8-27(11-17(26)22-15)21-24-14-6-9-32(4,30)18(14)19(25-21)23-16(12-28)13(2)3/h10,13,16,28,30H,5-9,11-12H2,1-4H3,(H,23,24,25)/t16-/m0/s1. The van der Waals surface area contributed by atoms with Gasteiger partial charge in [0, 0.05) is 31.5 Å². The molecule has 0 radical (unpaired) electrons. The third-order valence-corrected chi connectivity index (χ3v) is 8.30.